The second-order valence-corrected chi connectivity index (χ2v) is 26.6. The van der Waals surface area contributed by atoms with Gasteiger partial charge in [0.15, 0.2) is 12.1 Å². The zero-order valence-corrected chi connectivity index (χ0v) is 59.7. The van der Waals surface area contributed by atoms with E-state index in [1.807, 2.05) is 73.5 Å². The van der Waals surface area contributed by atoms with Gasteiger partial charge in [0.1, 0.15) is 16.7 Å². The molecule has 2 aliphatic carbocycles. The summed E-state index contributed by atoms with van der Waals surface area (Å²) in [6.07, 6.45) is 30.1. The number of non-ortho nitro benzene ring substituents is 2. The van der Waals surface area contributed by atoms with Crippen LogP contribution in [0.4, 0.5) is 17.1 Å². The van der Waals surface area contributed by atoms with Crippen LogP contribution in [0.15, 0.2) is 144 Å². The van der Waals surface area contributed by atoms with E-state index in [0.717, 1.165) is 118 Å². The maximum absolute atomic E-state index is 11.0. The van der Waals surface area contributed by atoms with Gasteiger partial charge in [0, 0.05) is 138 Å². The number of nitrogens with zero attached hydrogens (tertiary/aromatic N) is 5. The molecule has 4 aliphatic heterocycles. The number of Topliss-reactive ketones (excluding diaryl/α,β-unsaturated/α-hetero) is 1. The third-order valence-electron chi connectivity index (χ3n) is 17.7. The van der Waals surface area contributed by atoms with Crippen LogP contribution in [0.1, 0.15) is 132 Å². The predicted octanol–water partition coefficient (Wildman–Crippen LogP) is 17.0. The topological polar surface area (TPSA) is 281 Å². The van der Waals surface area contributed by atoms with Gasteiger partial charge < -0.3 is 35.9 Å². The maximum Gasteiger partial charge on any atom is 0.270 e. The lowest BCUT2D eigenvalue weighted by Crippen LogP contribution is -2.32. The third kappa shape index (κ3) is 22.0. The number of halogens is 1. The van der Waals surface area contributed by atoms with Crippen molar-refractivity contribution in [3.8, 4) is 0 Å². The third-order valence-corrected chi connectivity index (χ3v) is 20.3. The number of aromatic amines is 3. The molecule has 508 valence electrons. The van der Waals surface area contributed by atoms with Gasteiger partial charge in [-0.15, -0.1) is 58.4 Å². The number of ether oxygens (including phenoxy) is 2. The Balaban J connectivity index is 0.000000166. The lowest BCUT2D eigenvalue weighted by atomic mass is 9.81. The summed E-state index contributed by atoms with van der Waals surface area (Å²) >= 11 is 4.70. The SMILES string of the molecule is C=CC(C)=O.CCOC(CCCN)OCC.CSC(=N)c1cccs1.I.NC(=Nc1ccc2[nH]cc(C3=CCN4CCCC4C3)c2c1)c1cccs1.O=C1CCC2CCCC2C1.O=[N+]([O-])c1ccc2[nH]cc(C3=CCN4CCCC4C3)c2c1.O=[N+]([O-])c1ccc2[nH]ccc2c1. The molecule has 4 unspecified atom stereocenters. The van der Waals surface area contributed by atoms with Crippen LogP contribution in [0.5, 0.6) is 0 Å². The molecule has 19 nitrogen and oxygen atoms in total. The van der Waals surface area contributed by atoms with Crippen LogP contribution in [-0.2, 0) is 19.1 Å². The van der Waals surface area contributed by atoms with E-state index in [4.69, 9.17) is 26.4 Å². The first-order chi connectivity index (χ1) is 45.6. The van der Waals surface area contributed by atoms with E-state index in [1.54, 1.807) is 59.2 Å². The number of aliphatic imine (C=N–C) groups is 1. The smallest absolute Gasteiger partial charge is 0.270 e. The molecule has 0 radical (unpaired) electrons. The van der Waals surface area contributed by atoms with Gasteiger partial charge in [0.25, 0.3) is 11.4 Å². The number of aromatic nitrogens is 3. The van der Waals surface area contributed by atoms with Gasteiger partial charge >= 0.3 is 0 Å². The van der Waals surface area contributed by atoms with Crippen molar-refractivity contribution >= 4 is 142 Å². The van der Waals surface area contributed by atoms with Crippen LogP contribution in [0, 0.1) is 37.5 Å². The Bertz CT molecular complexity index is 3870. The number of thioether (sulfide) groups is 1. The number of nitro benzene ring substituents is 2. The van der Waals surface area contributed by atoms with Crippen molar-refractivity contribution in [2.24, 2.45) is 28.3 Å². The maximum atomic E-state index is 11.0. The minimum atomic E-state index is -0.396. The number of hydrogen-bond acceptors (Lipinski definition) is 16. The Morgan fingerprint density at radius 2 is 1.33 bits per heavy atom. The second-order valence-electron chi connectivity index (χ2n) is 23.9. The first kappa shape index (κ1) is 75.4. The van der Waals surface area contributed by atoms with Crippen molar-refractivity contribution in [1.29, 1.82) is 5.41 Å². The van der Waals surface area contributed by atoms with Crippen LogP contribution in [-0.4, -0.2) is 128 Å². The highest BCUT2D eigenvalue weighted by molar-refractivity contribution is 14.0. The fourth-order valence-electron chi connectivity index (χ4n) is 12.9. The molecule has 5 aromatic heterocycles. The Morgan fingerprint density at radius 1 is 0.768 bits per heavy atom. The van der Waals surface area contributed by atoms with Crippen molar-refractivity contribution < 1.29 is 28.9 Å². The second kappa shape index (κ2) is 38.7. The van der Waals surface area contributed by atoms with E-state index in [-0.39, 0.29) is 52.3 Å². The summed E-state index contributed by atoms with van der Waals surface area (Å²) in [5, 5.41) is 36.4. The number of allylic oxidation sites excluding steroid dienone is 1. The number of nitrogens with one attached hydrogen (secondary N) is 4. The summed E-state index contributed by atoms with van der Waals surface area (Å²) in [6.45, 7) is 15.3. The van der Waals surface area contributed by atoms with Crippen molar-refractivity contribution in [1.82, 2.24) is 24.8 Å². The molecule has 6 aliphatic rings. The lowest BCUT2D eigenvalue weighted by Gasteiger charge is -2.29. The lowest BCUT2D eigenvalue weighted by molar-refractivity contribution is -0.384. The molecule has 8 N–H and O–H groups in total. The first-order valence-corrected chi connectivity index (χ1v) is 35.7. The minimum Gasteiger partial charge on any atom is -0.383 e. The number of carbonyl (C=O) groups excluding carboxylic acids is 2. The molecule has 0 bridgehead atoms. The number of nitrogens with two attached hydrogens (primary N) is 2. The normalized spacial score (nSPS) is 18.7. The van der Waals surface area contributed by atoms with E-state index in [9.17, 15) is 29.8 Å². The molecular formula is C72H92IN11O8S3. The fraction of sp³-hybridized carbons (Fsp3) is 0.417. The Hall–Kier alpha value is -6.94. The molecule has 14 rings (SSSR count). The highest BCUT2D eigenvalue weighted by Gasteiger charge is 2.33. The molecule has 4 fully saturated rings. The summed E-state index contributed by atoms with van der Waals surface area (Å²) in [5.41, 5.74) is 21.0. The highest BCUT2D eigenvalue weighted by Crippen LogP contribution is 2.41. The van der Waals surface area contributed by atoms with Crippen molar-refractivity contribution in [2.45, 2.75) is 129 Å². The van der Waals surface area contributed by atoms with Gasteiger partial charge in [0.2, 0.25) is 0 Å². The van der Waals surface area contributed by atoms with E-state index >= 15 is 0 Å². The number of benzene rings is 3. The number of hydrogen-bond donors (Lipinski definition) is 6. The van der Waals surface area contributed by atoms with Gasteiger partial charge in [-0.2, -0.15) is 0 Å². The summed E-state index contributed by atoms with van der Waals surface area (Å²) < 4.78 is 10.6. The number of ketones is 2. The first-order valence-electron chi connectivity index (χ1n) is 32.7. The molecule has 0 spiro atoms. The van der Waals surface area contributed by atoms with Gasteiger partial charge in [-0.05, 0) is 199 Å². The fourth-order valence-corrected chi connectivity index (χ4v) is 14.7. The van der Waals surface area contributed by atoms with Gasteiger partial charge in [0.05, 0.1) is 25.3 Å². The summed E-state index contributed by atoms with van der Waals surface area (Å²) in [4.78, 5) is 62.8. The summed E-state index contributed by atoms with van der Waals surface area (Å²) in [7, 11) is 0. The van der Waals surface area contributed by atoms with E-state index < -0.39 is 4.92 Å². The minimum absolute atomic E-state index is 0. The number of rotatable bonds is 15. The van der Waals surface area contributed by atoms with Gasteiger partial charge in [-0.3, -0.25) is 45.0 Å². The molecule has 9 heterocycles. The highest BCUT2D eigenvalue weighted by atomic mass is 127. The van der Waals surface area contributed by atoms with Crippen molar-refractivity contribution in [3.63, 3.8) is 0 Å². The summed E-state index contributed by atoms with van der Waals surface area (Å²) in [6, 6.07) is 27.1. The monoisotopic (exact) mass is 1460 g/mol. The standard InChI is InChI=1S/C21H22N4S.C16H17N3O2.C9H14O.C8H6N2O2.C8H19NO2.C6H7NS2.C4H6O.HI/c22-21(20-4-2-10-26-20)24-15-5-6-19-17(12-15)18(13-23-19)14-7-9-25-8-1-3-16(25)11-14;20-19(21)13-3-4-16-14(9-13)15(10-17-16)11-5-7-18-6-1-2-12(18)8-11;10-9-5-4-7-2-1-3-8(7)6-9;11-10(12)7-1-2-8-6(5-7)3-4-9-8;1-3-10-8(11-4-2)6-5-7-9;1-8-6(7)5-3-2-4-9-5;1-3-4(2)5;/h2,4-7,10,12-13,16,23H,1,3,8-9,11H2,(H2,22,24);3-5,9-10,12,17H,1-2,6-8H2;7-8H,1-6H2;1-5,9H;8H,3-7,9H2,1-2H3;2-4,7H,1H3;3H,1H2,2H3;1H. The summed E-state index contributed by atoms with van der Waals surface area (Å²) in [5.74, 6) is 2.84. The number of thiophene rings is 2. The number of carbonyl (C=O) groups is 2. The number of H-pyrrole nitrogens is 3. The van der Waals surface area contributed by atoms with Crippen LogP contribution < -0.4 is 11.5 Å². The molecule has 2 saturated carbocycles. The average molecular weight is 1460 g/mol. The Kier molecular flexibility index (Phi) is 30.7. The number of amidine groups is 1. The van der Waals surface area contributed by atoms with Crippen LogP contribution in [0.2, 0.25) is 0 Å². The zero-order valence-electron chi connectivity index (χ0n) is 54.9. The molecule has 0 amide bonds. The van der Waals surface area contributed by atoms with Gasteiger partial charge in [-0.1, -0.05) is 43.7 Å². The molecule has 2 saturated heterocycles. The van der Waals surface area contributed by atoms with Crippen LogP contribution in [0.25, 0.3) is 43.9 Å². The van der Waals surface area contributed by atoms with E-state index in [0.29, 0.717) is 42.5 Å². The number of fused-ring (bicyclic) bond motifs is 6. The molecule has 8 aromatic rings. The Labute approximate surface area is 586 Å². The molecule has 4 atom stereocenters. The number of nitro groups is 2. The quantitative estimate of drug-likeness (QED) is 0.0106. The largest absolute Gasteiger partial charge is 0.383 e. The van der Waals surface area contributed by atoms with Gasteiger partial charge in [-0.25, -0.2) is 4.99 Å². The Morgan fingerprint density at radius 3 is 1.87 bits per heavy atom. The predicted molar refractivity (Wildman–Crippen MR) is 403 cm³/mol. The van der Waals surface area contributed by atoms with Crippen LogP contribution >= 0.6 is 58.4 Å². The molecule has 23 heteroatoms. The molecular weight excluding hydrogens is 1370 g/mol. The van der Waals surface area contributed by atoms with Crippen molar-refractivity contribution in [3.05, 3.63) is 180 Å². The van der Waals surface area contributed by atoms with E-state index in [2.05, 4.69) is 66.8 Å². The molecule has 3 aromatic carbocycles. The van der Waals surface area contributed by atoms with Crippen LogP contribution in [0.3, 0.4) is 0 Å². The molecule has 95 heavy (non-hydrogen) atoms. The average Bonchev–Trinajstić information content (AvgIpc) is 1.67. The van der Waals surface area contributed by atoms with E-state index in [1.165, 1.54) is 117 Å². The van der Waals surface area contributed by atoms with Crippen molar-refractivity contribution in [2.75, 3.05) is 52.2 Å². The zero-order chi connectivity index (χ0) is 66.9.